The maximum Gasteiger partial charge on any atom is 0.245 e. The van der Waals surface area contributed by atoms with Gasteiger partial charge in [0.05, 0.1) is 5.69 Å². The first-order valence-corrected chi connectivity index (χ1v) is 10.4. The zero-order valence-corrected chi connectivity index (χ0v) is 17.4. The number of hydrogen-bond donors (Lipinski definition) is 1. The van der Waals surface area contributed by atoms with E-state index in [-0.39, 0.29) is 0 Å². The molecular weight excluding hydrogens is 392 g/mol. The second-order valence-electron chi connectivity index (χ2n) is 7.68. The molecule has 1 fully saturated rings. The van der Waals surface area contributed by atoms with Gasteiger partial charge < -0.3 is 10.2 Å². The summed E-state index contributed by atoms with van der Waals surface area (Å²) in [5.41, 5.74) is 4.36. The van der Waals surface area contributed by atoms with E-state index in [1.807, 2.05) is 30.5 Å². The van der Waals surface area contributed by atoms with Gasteiger partial charge in [0.2, 0.25) is 11.3 Å². The van der Waals surface area contributed by atoms with Gasteiger partial charge in [-0.3, -0.25) is 9.88 Å². The van der Waals surface area contributed by atoms with Crippen molar-refractivity contribution in [3.05, 3.63) is 65.5 Å². The van der Waals surface area contributed by atoms with Gasteiger partial charge in [0.1, 0.15) is 0 Å². The van der Waals surface area contributed by atoms with Crippen LogP contribution in [0.5, 0.6) is 0 Å². The van der Waals surface area contributed by atoms with Crippen molar-refractivity contribution in [1.82, 2.24) is 30.2 Å². The van der Waals surface area contributed by atoms with Crippen LogP contribution in [0.25, 0.3) is 11.3 Å². The van der Waals surface area contributed by atoms with E-state index >= 15 is 0 Å². The third kappa shape index (κ3) is 4.31. The Morgan fingerprint density at radius 3 is 2.48 bits per heavy atom. The maximum atomic E-state index is 4.83. The molecule has 0 amide bonds. The summed E-state index contributed by atoms with van der Waals surface area (Å²) in [6, 6.07) is 14.3. The zero-order valence-electron chi connectivity index (χ0n) is 17.4. The lowest BCUT2D eigenvalue weighted by atomic mass is 10.2. The summed E-state index contributed by atoms with van der Waals surface area (Å²) in [5, 5.41) is 11.2. The largest absolute Gasteiger partial charge is 0.363 e. The van der Waals surface area contributed by atoms with Gasteiger partial charge in [0.25, 0.3) is 0 Å². The molecule has 1 saturated heterocycles. The minimum Gasteiger partial charge on any atom is -0.363 e. The number of fused-ring (bicyclic) bond motifs is 1. The SMILES string of the molecule is Cc1cccnc1CN1CCN(c2nc3nonc3nc2NCc2ccccc2)CC1. The molecule has 1 aromatic carbocycles. The molecule has 3 aromatic heterocycles. The molecule has 4 aromatic rings. The van der Waals surface area contributed by atoms with Gasteiger partial charge in [-0.1, -0.05) is 36.4 Å². The van der Waals surface area contributed by atoms with Crippen LogP contribution in [0, 0.1) is 6.92 Å². The molecule has 1 aliphatic heterocycles. The number of benzene rings is 1. The lowest BCUT2D eigenvalue weighted by molar-refractivity contribution is 0.246. The number of anilines is 2. The summed E-state index contributed by atoms with van der Waals surface area (Å²) in [4.78, 5) is 18.5. The number of piperazine rings is 1. The predicted octanol–water partition coefficient (Wildman–Crippen LogP) is 2.65. The lowest BCUT2D eigenvalue weighted by Crippen LogP contribution is -2.46. The van der Waals surface area contributed by atoms with Crippen LogP contribution in [0.2, 0.25) is 0 Å². The number of nitrogens with zero attached hydrogens (tertiary/aromatic N) is 7. The molecular formula is C22H24N8O. The summed E-state index contributed by atoms with van der Waals surface area (Å²) < 4.78 is 4.83. The lowest BCUT2D eigenvalue weighted by Gasteiger charge is -2.35. The summed E-state index contributed by atoms with van der Waals surface area (Å²) in [5.74, 6) is 1.48. The molecule has 0 radical (unpaired) electrons. The normalized spacial score (nSPS) is 14.8. The number of nitrogens with one attached hydrogen (secondary N) is 1. The molecule has 31 heavy (non-hydrogen) atoms. The Morgan fingerprint density at radius 1 is 0.935 bits per heavy atom. The molecule has 0 bridgehead atoms. The fourth-order valence-electron chi connectivity index (χ4n) is 3.76. The average Bonchev–Trinajstić information content (AvgIpc) is 3.27. The standard InChI is InChI=1S/C22H24N8O/c1-16-6-5-9-23-18(16)15-29-10-12-30(13-11-29)22-21(24-14-17-7-3-2-4-8-17)25-19-20(26-22)28-31-27-19/h2-9H,10-15H2,1H3,(H,24,25,27). The number of hydrogen-bond acceptors (Lipinski definition) is 9. The molecule has 0 atom stereocenters. The molecule has 0 aliphatic carbocycles. The van der Waals surface area contributed by atoms with Crippen molar-refractivity contribution in [3.8, 4) is 0 Å². The van der Waals surface area contributed by atoms with Crippen LogP contribution >= 0.6 is 0 Å². The Kier molecular flexibility index (Phi) is 5.40. The summed E-state index contributed by atoms with van der Waals surface area (Å²) in [7, 11) is 0. The summed E-state index contributed by atoms with van der Waals surface area (Å²) >= 11 is 0. The second-order valence-corrected chi connectivity index (χ2v) is 7.68. The van der Waals surface area contributed by atoms with Gasteiger partial charge in [0.15, 0.2) is 11.6 Å². The fourth-order valence-corrected chi connectivity index (χ4v) is 3.76. The monoisotopic (exact) mass is 416 g/mol. The van der Waals surface area contributed by atoms with Gasteiger partial charge in [-0.25, -0.2) is 14.6 Å². The number of rotatable bonds is 6. The molecule has 9 heteroatoms. The third-order valence-electron chi connectivity index (χ3n) is 5.56. The number of aryl methyl sites for hydroxylation is 1. The number of pyridine rings is 1. The predicted molar refractivity (Wildman–Crippen MR) is 118 cm³/mol. The van der Waals surface area contributed by atoms with Crippen LogP contribution in [-0.4, -0.2) is 56.3 Å². The molecule has 1 N–H and O–H groups in total. The van der Waals surface area contributed by atoms with Gasteiger partial charge in [-0.05, 0) is 34.4 Å². The second kappa shape index (κ2) is 8.65. The average molecular weight is 416 g/mol. The highest BCUT2D eigenvalue weighted by Crippen LogP contribution is 2.26. The van der Waals surface area contributed by atoms with E-state index in [2.05, 4.69) is 60.5 Å². The minimum atomic E-state index is 0.406. The first kappa shape index (κ1) is 19.4. The van der Waals surface area contributed by atoms with E-state index in [0.717, 1.165) is 44.2 Å². The third-order valence-corrected chi connectivity index (χ3v) is 5.56. The van der Waals surface area contributed by atoms with Crippen LogP contribution in [0.15, 0.2) is 53.3 Å². The molecule has 4 heterocycles. The van der Waals surface area contributed by atoms with E-state index in [9.17, 15) is 0 Å². The Balaban J connectivity index is 1.31. The highest BCUT2D eigenvalue weighted by molar-refractivity contribution is 5.74. The van der Waals surface area contributed by atoms with E-state index in [0.29, 0.717) is 23.7 Å². The van der Waals surface area contributed by atoms with E-state index in [1.54, 1.807) is 0 Å². The first-order chi connectivity index (χ1) is 15.3. The molecule has 1 aliphatic rings. The maximum absolute atomic E-state index is 4.83. The summed E-state index contributed by atoms with van der Waals surface area (Å²) in [6.07, 6.45) is 1.86. The summed E-state index contributed by atoms with van der Waals surface area (Å²) in [6.45, 7) is 7.15. The van der Waals surface area contributed by atoms with Crippen molar-refractivity contribution < 1.29 is 4.63 Å². The van der Waals surface area contributed by atoms with Gasteiger partial charge in [-0.2, -0.15) is 0 Å². The zero-order chi connectivity index (χ0) is 21.0. The van der Waals surface area contributed by atoms with E-state index < -0.39 is 0 Å². The van der Waals surface area contributed by atoms with Crippen LogP contribution in [-0.2, 0) is 13.1 Å². The number of aromatic nitrogens is 5. The van der Waals surface area contributed by atoms with Crippen LogP contribution < -0.4 is 10.2 Å². The van der Waals surface area contributed by atoms with Crippen molar-refractivity contribution >= 4 is 22.9 Å². The smallest absolute Gasteiger partial charge is 0.245 e. The Labute approximate surface area is 180 Å². The van der Waals surface area contributed by atoms with Crippen molar-refractivity contribution in [2.45, 2.75) is 20.0 Å². The molecule has 0 unspecified atom stereocenters. The Hall–Kier alpha value is -3.59. The Bertz CT molecular complexity index is 1150. The van der Waals surface area contributed by atoms with Crippen molar-refractivity contribution in [2.75, 3.05) is 36.4 Å². The Morgan fingerprint density at radius 2 is 1.71 bits per heavy atom. The van der Waals surface area contributed by atoms with E-state index in [1.165, 1.54) is 11.1 Å². The molecule has 5 rings (SSSR count). The van der Waals surface area contributed by atoms with Gasteiger partial charge in [-0.15, -0.1) is 0 Å². The fraction of sp³-hybridized carbons (Fsp3) is 0.318. The van der Waals surface area contributed by atoms with Crippen molar-refractivity contribution in [3.63, 3.8) is 0 Å². The van der Waals surface area contributed by atoms with Crippen LogP contribution in [0.1, 0.15) is 16.8 Å². The van der Waals surface area contributed by atoms with Crippen LogP contribution in [0.3, 0.4) is 0 Å². The highest BCUT2D eigenvalue weighted by atomic mass is 16.6. The molecule has 9 nitrogen and oxygen atoms in total. The van der Waals surface area contributed by atoms with Crippen molar-refractivity contribution in [1.29, 1.82) is 0 Å². The topological polar surface area (TPSA) is 96.1 Å². The molecule has 0 saturated carbocycles. The quantitative estimate of drug-likeness (QED) is 0.509. The van der Waals surface area contributed by atoms with Gasteiger partial charge in [0, 0.05) is 45.5 Å². The minimum absolute atomic E-state index is 0.406. The molecule has 158 valence electrons. The molecule has 0 spiro atoms. The van der Waals surface area contributed by atoms with Crippen molar-refractivity contribution in [2.24, 2.45) is 0 Å². The van der Waals surface area contributed by atoms with E-state index in [4.69, 9.17) is 9.61 Å². The van der Waals surface area contributed by atoms with Crippen LogP contribution in [0.4, 0.5) is 11.6 Å². The van der Waals surface area contributed by atoms with Gasteiger partial charge >= 0.3 is 0 Å². The highest BCUT2D eigenvalue weighted by Gasteiger charge is 2.23. The first-order valence-electron chi connectivity index (χ1n) is 10.4.